The van der Waals surface area contributed by atoms with Crippen LogP contribution in [0.15, 0.2) is 78.9 Å². The van der Waals surface area contributed by atoms with E-state index in [1.54, 1.807) is 19.2 Å². The highest BCUT2D eigenvalue weighted by Gasteiger charge is 2.30. The zero-order valence-electron chi connectivity index (χ0n) is 25.1. The van der Waals surface area contributed by atoms with Crippen LogP contribution < -0.4 is 15.2 Å². The molecule has 2 atom stereocenters. The fourth-order valence-electron chi connectivity index (χ4n) is 5.51. The number of aromatic nitrogens is 1. The molecule has 1 aromatic heterocycles. The summed E-state index contributed by atoms with van der Waals surface area (Å²) in [5, 5.41) is 34.8. The van der Waals surface area contributed by atoms with Crippen LogP contribution in [0.3, 0.4) is 0 Å². The van der Waals surface area contributed by atoms with Gasteiger partial charge in [0.1, 0.15) is 17.3 Å². The molecule has 0 aliphatic heterocycles. The lowest BCUT2D eigenvalue weighted by atomic mass is 9.92. The van der Waals surface area contributed by atoms with Gasteiger partial charge in [0.15, 0.2) is 0 Å². The van der Waals surface area contributed by atoms with Gasteiger partial charge >= 0.3 is 0 Å². The van der Waals surface area contributed by atoms with E-state index < -0.39 is 30.4 Å². The number of methoxy groups -OCH3 is 1. The monoisotopic (exact) mass is 601 g/mol. The maximum atomic E-state index is 14.1. The number of carbonyl (C=O) groups is 2. The molecule has 0 saturated carbocycles. The Balaban J connectivity index is 1.83. The molecule has 44 heavy (non-hydrogen) atoms. The molecule has 0 bridgehead atoms. The van der Waals surface area contributed by atoms with Crippen molar-refractivity contribution in [1.29, 1.82) is 0 Å². The summed E-state index contributed by atoms with van der Waals surface area (Å²) in [6.45, 7) is 4.20. The van der Waals surface area contributed by atoms with Gasteiger partial charge in [-0.25, -0.2) is 4.39 Å². The number of aliphatic hydroxyl groups is 2. The molecule has 1 heterocycles. The molecule has 0 aliphatic carbocycles. The fourth-order valence-corrected chi connectivity index (χ4v) is 5.51. The average molecular weight is 602 g/mol. The molecule has 0 radical (unpaired) electrons. The lowest BCUT2D eigenvalue weighted by molar-refractivity contribution is -0.307. The minimum absolute atomic E-state index is 0.136. The second-order valence-corrected chi connectivity index (χ2v) is 11.1. The number of hydrogen-bond acceptors (Lipinski definition) is 6. The van der Waals surface area contributed by atoms with Crippen molar-refractivity contribution in [2.45, 2.75) is 64.3 Å². The Morgan fingerprint density at radius 1 is 0.909 bits per heavy atom. The lowest BCUT2D eigenvalue weighted by Gasteiger charge is -2.20. The summed E-state index contributed by atoms with van der Waals surface area (Å²) < 4.78 is 21.3. The summed E-state index contributed by atoms with van der Waals surface area (Å²) in [6.07, 6.45) is -2.47. The number of halogens is 1. The third-order valence-electron chi connectivity index (χ3n) is 7.51. The van der Waals surface area contributed by atoms with Crippen LogP contribution >= 0.6 is 0 Å². The first kappa shape index (κ1) is 32.4. The van der Waals surface area contributed by atoms with Crippen molar-refractivity contribution in [3.8, 4) is 28.0 Å². The van der Waals surface area contributed by atoms with Crippen molar-refractivity contribution in [3.05, 3.63) is 102 Å². The highest BCUT2D eigenvalue weighted by atomic mass is 19.1. The van der Waals surface area contributed by atoms with E-state index in [0.717, 1.165) is 22.4 Å². The van der Waals surface area contributed by atoms with Gasteiger partial charge in [-0.15, -0.1) is 0 Å². The molecule has 8 nitrogen and oxygen atoms in total. The van der Waals surface area contributed by atoms with Crippen LogP contribution in [0, 0.1) is 5.82 Å². The van der Waals surface area contributed by atoms with E-state index in [0.29, 0.717) is 29.0 Å². The summed E-state index contributed by atoms with van der Waals surface area (Å²) in [5.41, 5.74) is 5.00. The second kappa shape index (κ2) is 14.8. The summed E-state index contributed by atoms with van der Waals surface area (Å²) in [7, 11) is 1.59. The molecule has 9 heteroatoms. The molecule has 0 saturated heterocycles. The van der Waals surface area contributed by atoms with Gasteiger partial charge in [0.2, 0.25) is 0 Å². The number of nitrogens with one attached hydrogen (secondary N) is 1. The van der Waals surface area contributed by atoms with Gasteiger partial charge in [0, 0.05) is 41.8 Å². The van der Waals surface area contributed by atoms with Crippen LogP contribution in [-0.4, -0.2) is 46.0 Å². The van der Waals surface area contributed by atoms with Crippen LogP contribution in [0.5, 0.6) is 5.75 Å². The van der Waals surface area contributed by atoms with E-state index in [1.807, 2.05) is 73.0 Å². The molecular weight excluding hydrogens is 563 g/mol. The highest BCUT2D eigenvalue weighted by molar-refractivity contribution is 6.05. The largest absolute Gasteiger partial charge is 0.550 e. The van der Waals surface area contributed by atoms with Crippen molar-refractivity contribution in [1.82, 2.24) is 9.88 Å². The molecule has 1 amide bonds. The molecule has 3 N–H and O–H groups in total. The third kappa shape index (κ3) is 7.92. The summed E-state index contributed by atoms with van der Waals surface area (Å²) in [4.78, 5) is 25.0. The first-order valence-electron chi connectivity index (χ1n) is 14.6. The first-order valence-corrected chi connectivity index (χ1v) is 14.6. The molecule has 4 aromatic rings. The highest BCUT2D eigenvalue weighted by Crippen LogP contribution is 2.42. The first-order chi connectivity index (χ1) is 21.1. The van der Waals surface area contributed by atoms with Gasteiger partial charge in [0.25, 0.3) is 5.91 Å². The number of nitrogens with zero attached hydrogens (tertiary/aromatic N) is 1. The van der Waals surface area contributed by atoms with E-state index in [4.69, 9.17) is 4.74 Å². The Bertz CT molecular complexity index is 1550. The molecule has 232 valence electrons. The van der Waals surface area contributed by atoms with Gasteiger partial charge in [0.05, 0.1) is 19.3 Å². The van der Waals surface area contributed by atoms with E-state index in [9.17, 15) is 29.3 Å². The molecule has 0 unspecified atom stereocenters. The van der Waals surface area contributed by atoms with E-state index in [-0.39, 0.29) is 31.3 Å². The van der Waals surface area contributed by atoms with Crippen LogP contribution in [0.4, 0.5) is 4.39 Å². The number of ether oxygens (including phenoxy) is 1. The Kier molecular flexibility index (Phi) is 10.9. The number of carboxylic acid groups (broad SMARTS) is 1. The Morgan fingerprint density at radius 3 is 2.14 bits per heavy atom. The Hall–Kier alpha value is -4.47. The third-order valence-corrected chi connectivity index (χ3v) is 7.51. The van der Waals surface area contributed by atoms with Gasteiger partial charge in [-0.05, 0) is 74.1 Å². The van der Waals surface area contributed by atoms with Gasteiger partial charge < -0.3 is 34.7 Å². The number of amides is 1. The molecule has 0 fully saturated rings. The maximum absolute atomic E-state index is 14.1. The standard InChI is InChI=1S/C35H39FN2O6/c1-22(2)38-30(18-15-27(39)19-28(40)20-31(41)42)32(25-11-13-26(36)14-12-25)33(24-7-5-4-6-8-24)34(38)35(43)37-21-23-9-16-29(44-3)17-10-23/h4-14,16-17,22,27-28,39-40H,15,18-21H2,1-3H3,(H,37,43)(H,41,42)/p-1/t27-,28-/m1/s1. The normalized spacial score (nSPS) is 12.6. The maximum Gasteiger partial charge on any atom is 0.268 e. The quantitative estimate of drug-likeness (QED) is 0.193. The number of rotatable bonds is 14. The van der Waals surface area contributed by atoms with Gasteiger partial charge in [-0.2, -0.15) is 0 Å². The van der Waals surface area contributed by atoms with Crippen molar-refractivity contribution >= 4 is 11.9 Å². The predicted octanol–water partition coefficient (Wildman–Crippen LogP) is 4.67. The SMILES string of the molecule is COc1ccc(CNC(=O)c2c(-c3ccccc3)c(-c3ccc(F)cc3)c(CC[C@@H](O)C[C@@H](O)CC(=O)[O-])n2C(C)C)cc1. The molecule has 0 spiro atoms. The van der Waals surface area contributed by atoms with Crippen LogP contribution in [0.2, 0.25) is 0 Å². The molecule has 0 aliphatic rings. The van der Waals surface area contributed by atoms with Crippen LogP contribution in [-0.2, 0) is 17.8 Å². The summed E-state index contributed by atoms with van der Waals surface area (Å²) >= 11 is 0. The number of carbonyl (C=O) groups excluding carboxylic acids is 2. The van der Waals surface area contributed by atoms with E-state index in [2.05, 4.69) is 5.32 Å². The van der Waals surface area contributed by atoms with Crippen molar-refractivity contribution in [2.24, 2.45) is 0 Å². The van der Waals surface area contributed by atoms with Crippen molar-refractivity contribution in [3.63, 3.8) is 0 Å². The minimum Gasteiger partial charge on any atom is -0.550 e. The molecular formula is C35H38FN2O6-. The molecule has 4 rings (SSSR count). The minimum atomic E-state index is -1.39. The van der Waals surface area contributed by atoms with Gasteiger partial charge in [-0.1, -0.05) is 54.6 Å². The summed E-state index contributed by atoms with van der Waals surface area (Å²) in [5.74, 6) is -1.37. The number of benzene rings is 3. The number of hydrogen-bond donors (Lipinski definition) is 3. The van der Waals surface area contributed by atoms with E-state index >= 15 is 0 Å². The zero-order valence-corrected chi connectivity index (χ0v) is 25.1. The Morgan fingerprint density at radius 2 is 1.55 bits per heavy atom. The zero-order chi connectivity index (χ0) is 31.8. The Labute approximate surface area is 256 Å². The van der Waals surface area contributed by atoms with Crippen molar-refractivity contribution in [2.75, 3.05) is 7.11 Å². The van der Waals surface area contributed by atoms with Crippen molar-refractivity contribution < 1.29 is 34.0 Å². The van der Waals surface area contributed by atoms with Crippen LogP contribution in [0.25, 0.3) is 22.3 Å². The number of carboxylic acids is 1. The average Bonchev–Trinajstić information content (AvgIpc) is 3.35. The fraction of sp³-hybridized carbons (Fsp3) is 0.314. The lowest BCUT2D eigenvalue weighted by Crippen LogP contribution is -2.29. The number of aliphatic carboxylic acids is 1. The predicted molar refractivity (Wildman–Crippen MR) is 164 cm³/mol. The number of aliphatic hydroxyl groups excluding tert-OH is 2. The smallest absolute Gasteiger partial charge is 0.268 e. The summed E-state index contributed by atoms with van der Waals surface area (Å²) in [6, 6.07) is 22.8. The van der Waals surface area contributed by atoms with E-state index in [1.165, 1.54) is 12.1 Å². The topological polar surface area (TPSA) is 124 Å². The van der Waals surface area contributed by atoms with Gasteiger partial charge in [-0.3, -0.25) is 4.79 Å². The van der Waals surface area contributed by atoms with Crippen LogP contribution in [0.1, 0.15) is 60.9 Å². The molecule has 3 aromatic carbocycles. The second-order valence-electron chi connectivity index (χ2n) is 11.1.